The smallest absolute Gasteiger partial charge is 0.146 e. The third kappa shape index (κ3) is 2.48. The molecule has 2 heterocycles. The van der Waals surface area contributed by atoms with E-state index in [1.54, 1.807) is 17.7 Å². The minimum absolute atomic E-state index is 0.355. The molecule has 0 saturated heterocycles. The Morgan fingerprint density at radius 2 is 2.44 bits per heavy atom. The zero-order valence-corrected chi connectivity index (χ0v) is 10.4. The standard InChI is InChI=1S/C11H16N4S/c1-3-15-8-13-14-11(15)6-12-9(2)10-4-5-16-7-10/h4-5,7-9,12H,3,6H2,1-2H3. The number of nitrogens with zero attached hydrogens (tertiary/aromatic N) is 3. The molecule has 0 aliphatic carbocycles. The molecule has 0 aliphatic rings. The van der Waals surface area contributed by atoms with Crippen molar-refractivity contribution >= 4 is 11.3 Å². The van der Waals surface area contributed by atoms with Gasteiger partial charge in [-0.15, -0.1) is 10.2 Å². The Bertz CT molecular complexity index is 421. The predicted molar refractivity (Wildman–Crippen MR) is 65.3 cm³/mol. The van der Waals surface area contributed by atoms with Gasteiger partial charge in [-0.25, -0.2) is 0 Å². The van der Waals surface area contributed by atoms with E-state index in [4.69, 9.17) is 0 Å². The van der Waals surface area contributed by atoms with Crippen molar-refractivity contribution in [3.8, 4) is 0 Å². The van der Waals surface area contributed by atoms with Crippen molar-refractivity contribution < 1.29 is 0 Å². The lowest BCUT2D eigenvalue weighted by molar-refractivity contribution is 0.540. The normalized spacial score (nSPS) is 12.9. The zero-order valence-electron chi connectivity index (χ0n) is 9.55. The second kappa shape index (κ2) is 5.23. The van der Waals surface area contributed by atoms with Gasteiger partial charge in [0, 0.05) is 12.6 Å². The molecule has 2 rings (SSSR count). The van der Waals surface area contributed by atoms with Crippen LogP contribution in [0.3, 0.4) is 0 Å². The lowest BCUT2D eigenvalue weighted by Gasteiger charge is -2.12. The second-order valence-corrected chi connectivity index (χ2v) is 4.47. The van der Waals surface area contributed by atoms with Crippen LogP contribution in [-0.4, -0.2) is 14.8 Å². The summed E-state index contributed by atoms with van der Waals surface area (Å²) in [5, 5.41) is 15.7. The Morgan fingerprint density at radius 1 is 1.56 bits per heavy atom. The van der Waals surface area contributed by atoms with Crippen molar-refractivity contribution in [2.45, 2.75) is 33.0 Å². The van der Waals surface area contributed by atoms with E-state index < -0.39 is 0 Å². The van der Waals surface area contributed by atoms with Crippen LogP contribution >= 0.6 is 11.3 Å². The van der Waals surface area contributed by atoms with Crippen molar-refractivity contribution in [2.24, 2.45) is 0 Å². The number of rotatable bonds is 5. The first-order valence-corrected chi connectivity index (χ1v) is 6.37. The molecule has 0 saturated carbocycles. The van der Waals surface area contributed by atoms with E-state index in [1.807, 2.05) is 4.57 Å². The first-order chi connectivity index (χ1) is 7.81. The van der Waals surface area contributed by atoms with E-state index >= 15 is 0 Å². The molecule has 0 radical (unpaired) electrons. The quantitative estimate of drug-likeness (QED) is 0.865. The molecule has 0 aromatic carbocycles. The number of aryl methyl sites for hydroxylation is 1. The van der Waals surface area contributed by atoms with Gasteiger partial charge in [0.1, 0.15) is 12.2 Å². The van der Waals surface area contributed by atoms with Gasteiger partial charge in [0.25, 0.3) is 0 Å². The first kappa shape index (κ1) is 11.3. The maximum absolute atomic E-state index is 4.09. The van der Waals surface area contributed by atoms with Gasteiger partial charge in [0.05, 0.1) is 6.54 Å². The first-order valence-electron chi connectivity index (χ1n) is 5.43. The molecule has 2 aromatic rings. The van der Waals surface area contributed by atoms with Gasteiger partial charge in [0.15, 0.2) is 0 Å². The molecule has 0 fully saturated rings. The summed E-state index contributed by atoms with van der Waals surface area (Å²) in [6, 6.07) is 2.50. The highest BCUT2D eigenvalue weighted by Gasteiger charge is 2.07. The van der Waals surface area contributed by atoms with E-state index in [2.05, 4.69) is 46.2 Å². The van der Waals surface area contributed by atoms with Crippen LogP contribution < -0.4 is 5.32 Å². The molecular weight excluding hydrogens is 220 g/mol. The van der Waals surface area contributed by atoms with E-state index in [9.17, 15) is 0 Å². The summed E-state index contributed by atoms with van der Waals surface area (Å²) in [6.07, 6.45) is 1.77. The Balaban J connectivity index is 1.92. The van der Waals surface area contributed by atoms with Gasteiger partial charge in [-0.3, -0.25) is 0 Å². The van der Waals surface area contributed by atoms with E-state index in [-0.39, 0.29) is 0 Å². The fraction of sp³-hybridized carbons (Fsp3) is 0.455. The van der Waals surface area contributed by atoms with E-state index in [1.165, 1.54) is 5.56 Å². The van der Waals surface area contributed by atoms with Crippen molar-refractivity contribution in [3.63, 3.8) is 0 Å². The molecule has 1 N–H and O–H groups in total. The lowest BCUT2D eigenvalue weighted by atomic mass is 10.2. The Labute approximate surface area is 99.3 Å². The predicted octanol–water partition coefficient (Wildman–Crippen LogP) is 2.21. The SMILES string of the molecule is CCn1cnnc1CNC(C)c1ccsc1. The van der Waals surface area contributed by atoms with E-state index in [0.717, 1.165) is 18.9 Å². The number of nitrogens with one attached hydrogen (secondary N) is 1. The average molecular weight is 236 g/mol. The van der Waals surface area contributed by atoms with Crippen LogP contribution in [0.4, 0.5) is 0 Å². The van der Waals surface area contributed by atoms with Crippen LogP contribution in [0.2, 0.25) is 0 Å². The summed E-state index contributed by atoms with van der Waals surface area (Å²) >= 11 is 1.73. The minimum atomic E-state index is 0.355. The molecule has 0 amide bonds. The number of hydrogen-bond donors (Lipinski definition) is 1. The number of hydrogen-bond acceptors (Lipinski definition) is 4. The molecule has 4 nitrogen and oxygen atoms in total. The summed E-state index contributed by atoms with van der Waals surface area (Å²) in [6.45, 7) is 5.92. The second-order valence-electron chi connectivity index (χ2n) is 3.69. The molecule has 5 heteroatoms. The fourth-order valence-electron chi connectivity index (χ4n) is 1.56. The van der Waals surface area contributed by atoms with Crippen molar-refractivity contribution in [2.75, 3.05) is 0 Å². The summed E-state index contributed by atoms with van der Waals surface area (Å²) in [5.74, 6) is 0.990. The van der Waals surface area contributed by atoms with Crippen LogP contribution in [0.15, 0.2) is 23.2 Å². The van der Waals surface area contributed by atoms with Crippen LogP contribution in [0, 0.1) is 0 Å². The Kier molecular flexibility index (Phi) is 3.69. The summed E-state index contributed by atoms with van der Waals surface area (Å²) in [4.78, 5) is 0. The lowest BCUT2D eigenvalue weighted by Crippen LogP contribution is -2.20. The molecule has 1 atom stereocenters. The highest BCUT2D eigenvalue weighted by atomic mass is 32.1. The number of aromatic nitrogens is 3. The van der Waals surface area contributed by atoms with Crippen LogP contribution in [0.1, 0.15) is 31.3 Å². The minimum Gasteiger partial charge on any atom is -0.317 e. The maximum atomic E-state index is 4.09. The third-order valence-electron chi connectivity index (χ3n) is 2.65. The molecule has 0 spiro atoms. The Morgan fingerprint density at radius 3 is 3.12 bits per heavy atom. The zero-order chi connectivity index (χ0) is 11.4. The Hall–Kier alpha value is -1.20. The number of thiophene rings is 1. The van der Waals surface area contributed by atoms with Crippen LogP contribution in [0.5, 0.6) is 0 Å². The summed E-state index contributed by atoms with van der Waals surface area (Å²) < 4.78 is 2.05. The van der Waals surface area contributed by atoms with Gasteiger partial charge in [0.2, 0.25) is 0 Å². The van der Waals surface area contributed by atoms with Crippen molar-refractivity contribution in [1.82, 2.24) is 20.1 Å². The molecular formula is C11H16N4S. The largest absolute Gasteiger partial charge is 0.317 e. The third-order valence-corrected chi connectivity index (χ3v) is 3.35. The summed E-state index contributed by atoms with van der Waals surface area (Å²) in [7, 11) is 0. The summed E-state index contributed by atoms with van der Waals surface area (Å²) in [5.41, 5.74) is 1.33. The fourth-order valence-corrected chi connectivity index (χ4v) is 2.32. The maximum Gasteiger partial charge on any atom is 0.146 e. The molecule has 0 bridgehead atoms. The molecule has 16 heavy (non-hydrogen) atoms. The van der Waals surface area contributed by atoms with Gasteiger partial charge >= 0.3 is 0 Å². The monoisotopic (exact) mass is 236 g/mol. The highest BCUT2D eigenvalue weighted by Crippen LogP contribution is 2.15. The van der Waals surface area contributed by atoms with Crippen molar-refractivity contribution in [1.29, 1.82) is 0 Å². The van der Waals surface area contributed by atoms with Crippen LogP contribution in [-0.2, 0) is 13.1 Å². The topological polar surface area (TPSA) is 42.7 Å². The molecule has 2 aromatic heterocycles. The molecule has 86 valence electrons. The van der Waals surface area contributed by atoms with Gasteiger partial charge in [-0.2, -0.15) is 11.3 Å². The van der Waals surface area contributed by atoms with Gasteiger partial charge in [-0.1, -0.05) is 0 Å². The van der Waals surface area contributed by atoms with Crippen molar-refractivity contribution in [3.05, 3.63) is 34.5 Å². The molecule has 0 aliphatic heterocycles. The van der Waals surface area contributed by atoms with Crippen LogP contribution in [0.25, 0.3) is 0 Å². The average Bonchev–Trinajstić information content (AvgIpc) is 2.96. The molecule has 1 unspecified atom stereocenters. The van der Waals surface area contributed by atoms with Gasteiger partial charge < -0.3 is 9.88 Å². The van der Waals surface area contributed by atoms with E-state index in [0.29, 0.717) is 6.04 Å². The highest BCUT2D eigenvalue weighted by molar-refractivity contribution is 7.07. The van der Waals surface area contributed by atoms with Gasteiger partial charge in [-0.05, 0) is 36.2 Å².